The van der Waals surface area contributed by atoms with Crippen molar-refractivity contribution in [2.75, 3.05) is 0 Å². The zero-order valence-corrected chi connectivity index (χ0v) is 16.3. The molecule has 0 bridgehead atoms. The Morgan fingerprint density at radius 3 is 2.17 bits per heavy atom. The molecule has 0 fully saturated rings. The predicted molar refractivity (Wildman–Crippen MR) is 120 cm³/mol. The first-order chi connectivity index (χ1) is 14.4. The van der Waals surface area contributed by atoms with E-state index in [2.05, 4.69) is 106 Å². The molecule has 1 aliphatic heterocycles. The van der Waals surface area contributed by atoms with E-state index in [0.29, 0.717) is 0 Å². The molecule has 140 valence electrons. The molecule has 0 N–H and O–H groups in total. The fourth-order valence-electron chi connectivity index (χ4n) is 4.85. The first-order valence-corrected chi connectivity index (χ1v) is 10.3. The van der Waals surface area contributed by atoms with Crippen LogP contribution in [0.15, 0.2) is 97.1 Å². The van der Waals surface area contributed by atoms with Gasteiger partial charge in [-0.3, -0.25) is 0 Å². The average molecular weight is 374 g/mol. The Hall–Kier alpha value is -3.52. The third-order valence-corrected chi connectivity index (χ3v) is 6.14. The van der Waals surface area contributed by atoms with Crippen LogP contribution in [0.4, 0.5) is 0 Å². The van der Waals surface area contributed by atoms with Gasteiger partial charge in [0.05, 0.1) is 11.4 Å². The van der Waals surface area contributed by atoms with Gasteiger partial charge in [0, 0.05) is 29.7 Å². The van der Waals surface area contributed by atoms with Crippen molar-refractivity contribution in [2.45, 2.75) is 19.5 Å². The third kappa shape index (κ3) is 2.56. The summed E-state index contributed by atoms with van der Waals surface area (Å²) in [7, 11) is 0. The molecule has 0 unspecified atom stereocenters. The standard InChI is InChI=1S/C27H22N2/c1-3-9-20(10-4-1)19-29-25-14-8-7-13-22(25)23-17-18-28-24(15-16-26(28)27(23)29)21-11-5-2-6-12-21/h1-16H,17-19H2. The van der Waals surface area contributed by atoms with Crippen LogP contribution in [0.3, 0.4) is 0 Å². The van der Waals surface area contributed by atoms with Crippen LogP contribution in [-0.2, 0) is 19.5 Å². The molecular weight excluding hydrogens is 352 g/mol. The van der Waals surface area contributed by atoms with Crippen LogP contribution in [0.25, 0.3) is 33.5 Å². The molecular formula is C27H22N2. The average Bonchev–Trinajstić information content (AvgIpc) is 3.35. The van der Waals surface area contributed by atoms with Gasteiger partial charge in [0.25, 0.3) is 0 Å². The monoisotopic (exact) mass is 374 g/mol. The van der Waals surface area contributed by atoms with E-state index in [-0.39, 0.29) is 0 Å². The van der Waals surface area contributed by atoms with Crippen molar-refractivity contribution < 1.29 is 0 Å². The molecule has 5 aromatic rings. The zero-order valence-electron chi connectivity index (χ0n) is 16.3. The molecule has 0 spiro atoms. The first kappa shape index (κ1) is 16.4. The van der Waals surface area contributed by atoms with E-state index in [4.69, 9.17) is 0 Å². The van der Waals surface area contributed by atoms with Crippen LogP contribution in [0.2, 0.25) is 0 Å². The minimum absolute atomic E-state index is 0.891. The third-order valence-electron chi connectivity index (χ3n) is 6.14. The van der Waals surface area contributed by atoms with Gasteiger partial charge in [0.2, 0.25) is 0 Å². The number of fused-ring (bicyclic) bond motifs is 5. The highest BCUT2D eigenvalue weighted by Gasteiger charge is 2.26. The van der Waals surface area contributed by atoms with E-state index in [1.54, 1.807) is 0 Å². The van der Waals surface area contributed by atoms with Gasteiger partial charge in [-0.15, -0.1) is 0 Å². The second-order valence-electron chi connectivity index (χ2n) is 7.79. The summed E-state index contributed by atoms with van der Waals surface area (Å²) >= 11 is 0. The topological polar surface area (TPSA) is 9.86 Å². The van der Waals surface area contributed by atoms with Gasteiger partial charge in [-0.2, -0.15) is 0 Å². The van der Waals surface area contributed by atoms with E-state index in [0.717, 1.165) is 19.5 Å². The lowest BCUT2D eigenvalue weighted by Crippen LogP contribution is -2.13. The number of para-hydroxylation sites is 1. The lowest BCUT2D eigenvalue weighted by atomic mass is 10.0. The second-order valence-corrected chi connectivity index (χ2v) is 7.79. The number of aryl methyl sites for hydroxylation is 1. The summed E-state index contributed by atoms with van der Waals surface area (Å²) in [4.78, 5) is 0. The van der Waals surface area contributed by atoms with E-state index in [1.807, 2.05) is 0 Å². The number of aromatic nitrogens is 2. The number of rotatable bonds is 3. The molecule has 0 saturated heterocycles. The molecule has 0 atom stereocenters. The van der Waals surface area contributed by atoms with E-state index >= 15 is 0 Å². The molecule has 3 heterocycles. The summed E-state index contributed by atoms with van der Waals surface area (Å²) in [6.45, 7) is 1.92. The van der Waals surface area contributed by atoms with Crippen LogP contribution in [0, 0.1) is 0 Å². The van der Waals surface area contributed by atoms with Gasteiger partial charge in [-0.1, -0.05) is 78.9 Å². The largest absolute Gasteiger partial charge is 0.339 e. The molecule has 1 aliphatic rings. The van der Waals surface area contributed by atoms with Crippen LogP contribution < -0.4 is 0 Å². The van der Waals surface area contributed by atoms with Crippen molar-refractivity contribution in [3.05, 3.63) is 108 Å². The minimum Gasteiger partial charge on any atom is -0.339 e. The van der Waals surface area contributed by atoms with Crippen molar-refractivity contribution in [1.82, 2.24) is 9.13 Å². The van der Waals surface area contributed by atoms with Crippen LogP contribution >= 0.6 is 0 Å². The molecule has 0 aliphatic carbocycles. The molecule has 2 nitrogen and oxygen atoms in total. The first-order valence-electron chi connectivity index (χ1n) is 10.3. The Kier molecular flexibility index (Phi) is 3.70. The SMILES string of the molecule is c1ccc(Cn2c3c(c4ccccc42)CCn2c(-c4ccccc4)ccc2-3)cc1. The fraction of sp³-hybridized carbons (Fsp3) is 0.111. The lowest BCUT2D eigenvalue weighted by molar-refractivity contribution is 0.683. The maximum absolute atomic E-state index is 2.51. The van der Waals surface area contributed by atoms with E-state index < -0.39 is 0 Å². The van der Waals surface area contributed by atoms with Crippen molar-refractivity contribution in [2.24, 2.45) is 0 Å². The molecule has 29 heavy (non-hydrogen) atoms. The molecule has 0 radical (unpaired) electrons. The summed E-state index contributed by atoms with van der Waals surface area (Å²) in [6, 6.07) is 35.0. The highest BCUT2D eigenvalue weighted by atomic mass is 15.1. The number of nitrogens with zero attached hydrogens (tertiary/aromatic N) is 2. The van der Waals surface area contributed by atoms with E-state index in [1.165, 1.54) is 44.7 Å². The van der Waals surface area contributed by atoms with Crippen molar-refractivity contribution in [1.29, 1.82) is 0 Å². The van der Waals surface area contributed by atoms with Gasteiger partial charge in [-0.05, 0) is 41.3 Å². The minimum atomic E-state index is 0.891. The summed E-state index contributed by atoms with van der Waals surface area (Å²) in [6.07, 6.45) is 1.07. The quantitative estimate of drug-likeness (QED) is 0.347. The normalized spacial score (nSPS) is 12.7. The second kappa shape index (κ2) is 6.52. The van der Waals surface area contributed by atoms with Gasteiger partial charge in [0.15, 0.2) is 0 Å². The summed E-state index contributed by atoms with van der Waals surface area (Å²) in [5.74, 6) is 0. The molecule has 0 amide bonds. The Morgan fingerprint density at radius 2 is 1.34 bits per heavy atom. The molecule has 2 heteroatoms. The van der Waals surface area contributed by atoms with Gasteiger partial charge in [0.1, 0.15) is 0 Å². The number of hydrogen-bond donors (Lipinski definition) is 0. The maximum Gasteiger partial charge on any atom is 0.0695 e. The van der Waals surface area contributed by atoms with Gasteiger partial charge >= 0.3 is 0 Å². The summed E-state index contributed by atoms with van der Waals surface area (Å²) in [5, 5.41) is 1.40. The van der Waals surface area contributed by atoms with Crippen LogP contribution in [-0.4, -0.2) is 9.13 Å². The van der Waals surface area contributed by atoms with Gasteiger partial charge < -0.3 is 9.13 Å². The number of hydrogen-bond acceptors (Lipinski definition) is 0. The maximum atomic E-state index is 2.51. The molecule has 2 aromatic heterocycles. The Bertz CT molecular complexity index is 1310. The summed E-state index contributed by atoms with van der Waals surface area (Å²) in [5.41, 5.74) is 9.46. The Labute approximate surface area is 170 Å². The van der Waals surface area contributed by atoms with Crippen molar-refractivity contribution >= 4 is 10.9 Å². The van der Waals surface area contributed by atoms with Crippen LogP contribution in [0.1, 0.15) is 11.1 Å². The molecule has 0 saturated carbocycles. The van der Waals surface area contributed by atoms with E-state index in [9.17, 15) is 0 Å². The zero-order chi connectivity index (χ0) is 19.2. The highest BCUT2D eigenvalue weighted by molar-refractivity contribution is 5.92. The van der Waals surface area contributed by atoms with Gasteiger partial charge in [-0.25, -0.2) is 0 Å². The Balaban J connectivity index is 1.59. The number of benzene rings is 3. The fourth-order valence-corrected chi connectivity index (χ4v) is 4.85. The van der Waals surface area contributed by atoms with Crippen molar-refractivity contribution in [3.63, 3.8) is 0 Å². The van der Waals surface area contributed by atoms with Crippen LogP contribution in [0.5, 0.6) is 0 Å². The molecule has 3 aromatic carbocycles. The Morgan fingerprint density at radius 1 is 0.655 bits per heavy atom. The summed E-state index contributed by atoms with van der Waals surface area (Å²) < 4.78 is 5.01. The smallest absolute Gasteiger partial charge is 0.0695 e. The lowest BCUT2D eigenvalue weighted by Gasteiger charge is -2.22. The highest BCUT2D eigenvalue weighted by Crippen LogP contribution is 2.40. The van der Waals surface area contributed by atoms with Crippen molar-refractivity contribution in [3.8, 4) is 22.6 Å². The predicted octanol–water partition coefficient (Wildman–Crippen LogP) is 6.38. The molecule has 6 rings (SSSR count).